The standard InChI is InChI=1S/C17H19NO2S/c19-17(20)15-14(12-8-6-3-7-9-12)18-16(21-15)13-10-4-1-2-5-11-13/h3,6-9,13H,1-2,4-5,10-11H2,(H,19,20). The molecule has 1 fully saturated rings. The second kappa shape index (κ2) is 6.39. The number of hydrogen-bond acceptors (Lipinski definition) is 3. The summed E-state index contributed by atoms with van der Waals surface area (Å²) in [6.07, 6.45) is 7.32. The molecule has 0 aliphatic heterocycles. The Morgan fingerprint density at radius 2 is 1.76 bits per heavy atom. The minimum Gasteiger partial charge on any atom is -0.477 e. The first kappa shape index (κ1) is 14.3. The molecule has 1 aliphatic rings. The highest BCUT2D eigenvalue weighted by Gasteiger charge is 2.24. The molecule has 0 saturated heterocycles. The number of carboxylic acids is 1. The predicted molar refractivity (Wildman–Crippen MR) is 85.0 cm³/mol. The number of carbonyl (C=O) groups is 1. The lowest BCUT2D eigenvalue weighted by atomic mass is 10.0. The van der Waals surface area contributed by atoms with Crippen molar-refractivity contribution < 1.29 is 9.90 Å². The molecule has 2 aromatic rings. The summed E-state index contributed by atoms with van der Waals surface area (Å²) in [6.45, 7) is 0. The van der Waals surface area contributed by atoms with E-state index in [9.17, 15) is 9.90 Å². The fraction of sp³-hybridized carbons (Fsp3) is 0.412. The van der Waals surface area contributed by atoms with E-state index in [0.717, 1.165) is 23.4 Å². The number of aromatic nitrogens is 1. The van der Waals surface area contributed by atoms with Crippen LogP contribution >= 0.6 is 11.3 Å². The monoisotopic (exact) mass is 301 g/mol. The zero-order chi connectivity index (χ0) is 14.7. The molecule has 1 heterocycles. The molecule has 3 rings (SSSR count). The van der Waals surface area contributed by atoms with Crippen LogP contribution in [0.25, 0.3) is 11.3 Å². The molecule has 1 aromatic heterocycles. The molecule has 0 spiro atoms. The Morgan fingerprint density at radius 3 is 2.38 bits per heavy atom. The van der Waals surface area contributed by atoms with Crippen LogP contribution in [0.1, 0.15) is 59.1 Å². The first-order valence-corrected chi connectivity index (χ1v) is 8.37. The normalized spacial score (nSPS) is 16.6. The average molecular weight is 301 g/mol. The Bertz CT molecular complexity index is 613. The van der Waals surface area contributed by atoms with Gasteiger partial charge in [-0.05, 0) is 12.8 Å². The van der Waals surface area contributed by atoms with Crippen LogP contribution < -0.4 is 0 Å². The smallest absolute Gasteiger partial charge is 0.348 e. The molecule has 0 unspecified atom stereocenters. The number of rotatable bonds is 3. The third-order valence-electron chi connectivity index (χ3n) is 4.09. The summed E-state index contributed by atoms with van der Waals surface area (Å²) < 4.78 is 0. The third kappa shape index (κ3) is 3.16. The summed E-state index contributed by atoms with van der Waals surface area (Å²) in [5, 5.41) is 10.5. The lowest BCUT2D eigenvalue weighted by Crippen LogP contribution is -1.96. The van der Waals surface area contributed by atoms with Crippen molar-refractivity contribution in [2.75, 3.05) is 0 Å². The van der Waals surface area contributed by atoms with Crippen LogP contribution in [0, 0.1) is 0 Å². The van der Waals surface area contributed by atoms with Crippen molar-refractivity contribution in [3.63, 3.8) is 0 Å². The highest BCUT2D eigenvalue weighted by molar-refractivity contribution is 7.14. The summed E-state index contributed by atoms with van der Waals surface area (Å²) in [7, 11) is 0. The van der Waals surface area contributed by atoms with Crippen molar-refractivity contribution in [1.82, 2.24) is 4.98 Å². The number of hydrogen-bond donors (Lipinski definition) is 1. The minimum absolute atomic E-state index is 0.375. The molecular weight excluding hydrogens is 282 g/mol. The van der Waals surface area contributed by atoms with Crippen LogP contribution in [-0.4, -0.2) is 16.1 Å². The number of nitrogens with zero attached hydrogens (tertiary/aromatic N) is 1. The van der Waals surface area contributed by atoms with E-state index in [-0.39, 0.29) is 0 Å². The van der Waals surface area contributed by atoms with Crippen molar-refractivity contribution in [3.8, 4) is 11.3 Å². The van der Waals surface area contributed by atoms with Gasteiger partial charge in [0.2, 0.25) is 0 Å². The molecule has 110 valence electrons. The second-order valence-electron chi connectivity index (χ2n) is 5.59. The van der Waals surface area contributed by atoms with Gasteiger partial charge >= 0.3 is 5.97 Å². The molecule has 0 radical (unpaired) electrons. The molecule has 1 N–H and O–H groups in total. The first-order chi connectivity index (χ1) is 10.3. The van der Waals surface area contributed by atoms with Crippen molar-refractivity contribution in [3.05, 3.63) is 40.2 Å². The van der Waals surface area contributed by atoms with Crippen molar-refractivity contribution in [1.29, 1.82) is 0 Å². The molecule has 4 heteroatoms. The Balaban J connectivity index is 1.98. The van der Waals surface area contributed by atoms with E-state index < -0.39 is 5.97 Å². The first-order valence-electron chi connectivity index (χ1n) is 7.55. The molecule has 0 bridgehead atoms. The van der Waals surface area contributed by atoms with E-state index in [1.807, 2.05) is 30.3 Å². The molecule has 0 atom stereocenters. The summed E-state index contributed by atoms with van der Waals surface area (Å²) in [4.78, 5) is 16.6. The molecule has 1 aromatic carbocycles. The third-order valence-corrected chi connectivity index (χ3v) is 5.30. The zero-order valence-corrected chi connectivity index (χ0v) is 12.7. The number of thiazole rings is 1. The van der Waals surface area contributed by atoms with Crippen LogP contribution in [0.15, 0.2) is 30.3 Å². The van der Waals surface area contributed by atoms with Gasteiger partial charge in [-0.25, -0.2) is 9.78 Å². The van der Waals surface area contributed by atoms with Gasteiger partial charge in [-0.1, -0.05) is 56.0 Å². The van der Waals surface area contributed by atoms with Gasteiger partial charge < -0.3 is 5.11 Å². The maximum absolute atomic E-state index is 11.5. The SMILES string of the molecule is O=C(O)c1sc(C2CCCCCC2)nc1-c1ccccc1. The summed E-state index contributed by atoms with van der Waals surface area (Å²) in [5.74, 6) is -0.431. The van der Waals surface area contributed by atoms with Crippen LogP contribution in [0.2, 0.25) is 0 Å². The largest absolute Gasteiger partial charge is 0.477 e. The highest BCUT2D eigenvalue weighted by Crippen LogP contribution is 2.37. The number of carboxylic acid groups (broad SMARTS) is 1. The molecule has 3 nitrogen and oxygen atoms in total. The fourth-order valence-corrected chi connectivity index (χ4v) is 4.07. The highest BCUT2D eigenvalue weighted by atomic mass is 32.1. The lowest BCUT2D eigenvalue weighted by molar-refractivity contribution is 0.0702. The molecule has 21 heavy (non-hydrogen) atoms. The van der Waals surface area contributed by atoms with Gasteiger partial charge in [0.05, 0.1) is 10.7 Å². The molecule has 1 saturated carbocycles. The van der Waals surface area contributed by atoms with E-state index in [2.05, 4.69) is 0 Å². The van der Waals surface area contributed by atoms with Gasteiger partial charge in [0.15, 0.2) is 0 Å². The van der Waals surface area contributed by atoms with E-state index in [0.29, 0.717) is 16.5 Å². The van der Waals surface area contributed by atoms with Crippen molar-refractivity contribution in [2.24, 2.45) is 0 Å². The Kier molecular flexibility index (Phi) is 4.34. The van der Waals surface area contributed by atoms with E-state index >= 15 is 0 Å². The van der Waals surface area contributed by atoms with Gasteiger partial charge in [-0.2, -0.15) is 0 Å². The summed E-state index contributed by atoms with van der Waals surface area (Å²) >= 11 is 1.37. The van der Waals surface area contributed by atoms with E-state index in [1.54, 1.807) is 0 Å². The second-order valence-corrected chi connectivity index (χ2v) is 6.62. The molecular formula is C17H19NO2S. The quantitative estimate of drug-likeness (QED) is 0.816. The fourth-order valence-electron chi connectivity index (χ4n) is 2.97. The molecule has 0 amide bonds. The Morgan fingerprint density at radius 1 is 1.10 bits per heavy atom. The van der Waals surface area contributed by atoms with Gasteiger partial charge in [0, 0.05) is 11.5 Å². The minimum atomic E-state index is -0.869. The predicted octanol–water partition coefficient (Wildman–Crippen LogP) is 4.95. The zero-order valence-electron chi connectivity index (χ0n) is 11.9. The van der Waals surface area contributed by atoms with E-state index in [4.69, 9.17) is 4.98 Å². The lowest BCUT2D eigenvalue weighted by Gasteiger charge is -2.09. The van der Waals surface area contributed by atoms with Gasteiger partial charge in [0.25, 0.3) is 0 Å². The van der Waals surface area contributed by atoms with Gasteiger partial charge in [-0.15, -0.1) is 11.3 Å². The maximum Gasteiger partial charge on any atom is 0.348 e. The summed E-state index contributed by atoms with van der Waals surface area (Å²) in [6, 6.07) is 9.64. The van der Waals surface area contributed by atoms with Crippen molar-refractivity contribution in [2.45, 2.75) is 44.4 Å². The Labute approximate surface area is 128 Å². The van der Waals surface area contributed by atoms with Crippen LogP contribution in [0.4, 0.5) is 0 Å². The van der Waals surface area contributed by atoms with Crippen LogP contribution in [0.3, 0.4) is 0 Å². The number of aromatic carboxylic acids is 1. The van der Waals surface area contributed by atoms with Gasteiger partial charge in [0.1, 0.15) is 4.88 Å². The van der Waals surface area contributed by atoms with E-state index in [1.165, 1.54) is 37.0 Å². The van der Waals surface area contributed by atoms with Gasteiger partial charge in [-0.3, -0.25) is 0 Å². The summed E-state index contributed by atoms with van der Waals surface area (Å²) in [5.41, 5.74) is 1.53. The topological polar surface area (TPSA) is 50.2 Å². The van der Waals surface area contributed by atoms with Crippen molar-refractivity contribution >= 4 is 17.3 Å². The Hall–Kier alpha value is -1.68. The maximum atomic E-state index is 11.5. The number of benzene rings is 1. The average Bonchev–Trinajstić information content (AvgIpc) is 2.77. The van der Waals surface area contributed by atoms with Crippen LogP contribution in [0.5, 0.6) is 0 Å². The molecule has 1 aliphatic carbocycles. The van der Waals surface area contributed by atoms with Crippen LogP contribution in [-0.2, 0) is 0 Å².